The summed E-state index contributed by atoms with van der Waals surface area (Å²) in [5.41, 5.74) is 7.48. The lowest BCUT2D eigenvalue weighted by Gasteiger charge is -2.10. The van der Waals surface area contributed by atoms with E-state index >= 15 is 0 Å². The second kappa shape index (κ2) is 6.50. The molecule has 5 nitrogen and oxygen atoms in total. The highest BCUT2D eigenvalue weighted by Gasteiger charge is 2.28. The second-order valence-corrected chi connectivity index (χ2v) is 6.14. The van der Waals surface area contributed by atoms with Crippen molar-refractivity contribution < 1.29 is 4.79 Å². The summed E-state index contributed by atoms with van der Waals surface area (Å²) in [6, 6.07) is 7.65. The Kier molecular flexibility index (Phi) is 4.45. The monoisotopic (exact) mass is 318 g/mol. The Bertz CT molecular complexity index is 666. The number of amides is 1. The van der Waals surface area contributed by atoms with Gasteiger partial charge in [-0.05, 0) is 30.4 Å². The second-order valence-electron chi connectivity index (χ2n) is 5.73. The third-order valence-electron chi connectivity index (χ3n) is 3.91. The maximum Gasteiger partial charge on any atom is 0.254 e. The molecule has 0 radical (unpaired) electrons. The highest BCUT2D eigenvalue weighted by molar-refractivity contribution is 6.31. The van der Waals surface area contributed by atoms with Crippen molar-refractivity contribution in [2.75, 3.05) is 6.54 Å². The van der Waals surface area contributed by atoms with E-state index in [1.807, 2.05) is 24.3 Å². The van der Waals surface area contributed by atoms with Crippen molar-refractivity contribution >= 4 is 17.5 Å². The molecule has 0 spiro atoms. The fourth-order valence-corrected chi connectivity index (χ4v) is 2.57. The molecule has 116 valence electrons. The highest BCUT2D eigenvalue weighted by atomic mass is 35.5. The Morgan fingerprint density at radius 2 is 2.23 bits per heavy atom. The van der Waals surface area contributed by atoms with Crippen LogP contribution in [0, 0.1) is 5.92 Å². The van der Waals surface area contributed by atoms with Crippen molar-refractivity contribution in [3.8, 4) is 0 Å². The van der Waals surface area contributed by atoms with E-state index in [2.05, 4.69) is 10.4 Å². The molecule has 3 rings (SSSR count). The van der Waals surface area contributed by atoms with Crippen molar-refractivity contribution in [1.82, 2.24) is 15.1 Å². The van der Waals surface area contributed by atoms with Crippen LogP contribution in [0.1, 0.15) is 28.8 Å². The number of nitrogens with zero attached hydrogens (tertiary/aromatic N) is 2. The molecule has 0 saturated heterocycles. The minimum atomic E-state index is -0.137. The third-order valence-corrected chi connectivity index (χ3v) is 4.28. The fourth-order valence-electron chi connectivity index (χ4n) is 2.37. The lowest BCUT2D eigenvalue weighted by atomic mass is 10.2. The maximum atomic E-state index is 12.1. The number of halogens is 1. The van der Waals surface area contributed by atoms with Gasteiger partial charge in [-0.15, -0.1) is 0 Å². The molecule has 0 aliphatic heterocycles. The van der Waals surface area contributed by atoms with E-state index in [-0.39, 0.29) is 11.9 Å². The molecule has 2 aromatic rings. The van der Waals surface area contributed by atoms with Gasteiger partial charge in [-0.2, -0.15) is 5.10 Å². The average Bonchev–Trinajstić information content (AvgIpc) is 3.26. The first-order chi connectivity index (χ1) is 10.6. The summed E-state index contributed by atoms with van der Waals surface area (Å²) in [6.45, 7) is 1.05. The van der Waals surface area contributed by atoms with Gasteiger partial charge in [0.05, 0.1) is 18.3 Å². The average molecular weight is 319 g/mol. The molecule has 1 unspecified atom stereocenters. The van der Waals surface area contributed by atoms with Crippen LogP contribution >= 0.6 is 11.6 Å². The van der Waals surface area contributed by atoms with Gasteiger partial charge in [0.1, 0.15) is 0 Å². The molecule has 1 heterocycles. The first-order valence-electron chi connectivity index (χ1n) is 7.43. The van der Waals surface area contributed by atoms with Crippen molar-refractivity contribution in [3.63, 3.8) is 0 Å². The molecule has 3 N–H and O–H groups in total. The van der Waals surface area contributed by atoms with Gasteiger partial charge in [-0.3, -0.25) is 9.48 Å². The van der Waals surface area contributed by atoms with E-state index in [1.165, 1.54) is 12.8 Å². The summed E-state index contributed by atoms with van der Waals surface area (Å²) >= 11 is 6.13. The Morgan fingerprint density at radius 1 is 1.45 bits per heavy atom. The lowest BCUT2D eigenvalue weighted by Crippen LogP contribution is -2.38. The predicted octanol–water partition coefficient (Wildman–Crippen LogP) is 2.05. The van der Waals surface area contributed by atoms with Crippen LogP contribution < -0.4 is 11.1 Å². The molecule has 1 aliphatic carbocycles. The van der Waals surface area contributed by atoms with Gasteiger partial charge >= 0.3 is 0 Å². The summed E-state index contributed by atoms with van der Waals surface area (Å²) in [7, 11) is 0. The zero-order valence-electron chi connectivity index (χ0n) is 12.2. The topological polar surface area (TPSA) is 72.9 Å². The third kappa shape index (κ3) is 3.67. The molecular formula is C16H19ClN4O. The van der Waals surface area contributed by atoms with E-state index in [0.717, 1.165) is 5.56 Å². The van der Waals surface area contributed by atoms with Crippen LogP contribution in [0.2, 0.25) is 5.02 Å². The van der Waals surface area contributed by atoms with Crippen molar-refractivity contribution in [1.29, 1.82) is 0 Å². The number of aromatic nitrogens is 2. The molecule has 1 atom stereocenters. The van der Waals surface area contributed by atoms with Crippen molar-refractivity contribution in [2.24, 2.45) is 11.7 Å². The molecular weight excluding hydrogens is 300 g/mol. The molecule has 1 aromatic heterocycles. The number of benzene rings is 1. The standard InChI is InChI=1S/C16H19ClN4O/c17-14-4-2-1-3-12(14)9-21-10-13(7-20-21)16(22)19-8-15(18)11-5-6-11/h1-4,7,10-11,15H,5-6,8-9,18H2,(H,19,22). The summed E-state index contributed by atoms with van der Waals surface area (Å²) in [5.74, 6) is 0.435. The van der Waals surface area contributed by atoms with Crippen LogP contribution in [-0.2, 0) is 6.54 Å². The van der Waals surface area contributed by atoms with Crippen LogP contribution in [-0.4, -0.2) is 28.3 Å². The Hall–Kier alpha value is -1.85. The zero-order chi connectivity index (χ0) is 15.5. The smallest absolute Gasteiger partial charge is 0.254 e. The van der Waals surface area contributed by atoms with E-state index < -0.39 is 0 Å². The number of carbonyl (C=O) groups excluding carboxylic acids is 1. The fraction of sp³-hybridized carbons (Fsp3) is 0.375. The molecule has 22 heavy (non-hydrogen) atoms. The zero-order valence-corrected chi connectivity index (χ0v) is 13.0. The number of nitrogens with two attached hydrogens (primary N) is 1. The highest BCUT2D eigenvalue weighted by Crippen LogP contribution is 2.31. The van der Waals surface area contributed by atoms with Crippen LogP contribution in [0.5, 0.6) is 0 Å². The molecule has 1 saturated carbocycles. The van der Waals surface area contributed by atoms with Gasteiger partial charge in [0.2, 0.25) is 0 Å². The van der Waals surface area contributed by atoms with E-state index in [4.69, 9.17) is 17.3 Å². The number of carbonyl (C=O) groups is 1. The van der Waals surface area contributed by atoms with Crippen LogP contribution in [0.25, 0.3) is 0 Å². The predicted molar refractivity (Wildman–Crippen MR) is 85.8 cm³/mol. The molecule has 1 aromatic carbocycles. The molecule has 1 amide bonds. The Balaban J connectivity index is 1.58. The van der Waals surface area contributed by atoms with E-state index in [1.54, 1.807) is 17.1 Å². The molecule has 6 heteroatoms. The van der Waals surface area contributed by atoms with E-state index in [9.17, 15) is 4.79 Å². The van der Waals surface area contributed by atoms with Gasteiger partial charge in [-0.25, -0.2) is 0 Å². The van der Waals surface area contributed by atoms with Gasteiger partial charge in [0, 0.05) is 23.8 Å². The normalized spacial score (nSPS) is 15.5. The number of hydrogen-bond donors (Lipinski definition) is 2. The summed E-state index contributed by atoms with van der Waals surface area (Å²) < 4.78 is 1.71. The van der Waals surface area contributed by atoms with Gasteiger partial charge in [-0.1, -0.05) is 29.8 Å². The number of hydrogen-bond acceptors (Lipinski definition) is 3. The van der Waals surface area contributed by atoms with Gasteiger partial charge in [0.15, 0.2) is 0 Å². The first-order valence-corrected chi connectivity index (χ1v) is 7.81. The minimum absolute atomic E-state index is 0.0575. The largest absolute Gasteiger partial charge is 0.350 e. The molecule has 1 aliphatic rings. The Morgan fingerprint density at radius 3 is 2.95 bits per heavy atom. The van der Waals surface area contributed by atoms with Crippen molar-refractivity contribution in [3.05, 3.63) is 52.8 Å². The number of rotatable bonds is 6. The van der Waals surface area contributed by atoms with Crippen LogP contribution in [0.4, 0.5) is 0 Å². The van der Waals surface area contributed by atoms with Crippen LogP contribution in [0.3, 0.4) is 0 Å². The van der Waals surface area contributed by atoms with Gasteiger partial charge in [0.25, 0.3) is 5.91 Å². The van der Waals surface area contributed by atoms with E-state index in [0.29, 0.717) is 29.6 Å². The Labute approximate surface area is 134 Å². The summed E-state index contributed by atoms with van der Waals surface area (Å²) in [6.07, 6.45) is 5.63. The molecule has 1 fully saturated rings. The first kappa shape index (κ1) is 15.1. The van der Waals surface area contributed by atoms with Crippen LogP contribution in [0.15, 0.2) is 36.7 Å². The minimum Gasteiger partial charge on any atom is -0.350 e. The summed E-state index contributed by atoms with van der Waals surface area (Å²) in [5, 5.41) is 7.77. The SMILES string of the molecule is NC(CNC(=O)c1cnn(Cc2ccccc2Cl)c1)C1CC1. The number of nitrogens with one attached hydrogen (secondary N) is 1. The summed E-state index contributed by atoms with van der Waals surface area (Å²) in [4.78, 5) is 12.1. The molecule has 0 bridgehead atoms. The lowest BCUT2D eigenvalue weighted by molar-refractivity contribution is 0.0950. The van der Waals surface area contributed by atoms with Gasteiger partial charge < -0.3 is 11.1 Å². The quantitative estimate of drug-likeness (QED) is 0.856. The maximum absolute atomic E-state index is 12.1. The van der Waals surface area contributed by atoms with Crippen molar-refractivity contribution in [2.45, 2.75) is 25.4 Å².